The number of hydrogen-bond acceptors (Lipinski definition) is 5. The van der Waals surface area contributed by atoms with Gasteiger partial charge in [0.2, 0.25) is 0 Å². The van der Waals surface area contributed by atoms with Crippen LogP contribution in [-0.4, -0.2) is 47.8 Å². The highest BCUT2D eigenvalue weighted by atomic mass is 28.4. The summed E-state index contributed by atoms with van der Waals surface area (Å²) < 4.78 is 21.5. The summed E-state index contributed by atoms with van der Waals surface area (Å²) in [6.45, 7) is 14.5. The normalized spacial score (nSPS) is 13.3. The maximum absolute atomic E-state index is 12.1. The van der Waals surface area contributed by atoms with Gasteiger partial charge in [-0.15, -0.1) is 0 Å². The molecule has 0 atom stereocenters. The molecule has 5 nitrogen and oxygen atoms in total. The van der Waals surface area contributed by atoms with E-state index < -0.39 is 8.32 Å². The van der Waals surface area contributed by atoms with E-state index in [0.717, 1.165) is 0 Å². The van der Waals surface area contributed by atoms with Crippen molar-refractivity contribution >= 4 is 14.1 Å². The van der Waals surface area contributed by atoms with Crippen molar-refractivity contribution in [3.05, 3.63) is 11.8 Å². The summed E-state index contributed by atoms with van der Waals surface area (Å²) in [5.74, 6) is 0.344. The van der Waals surface area contributed by atoms with Crippen molar-refractivity contribution in [1.29, 1.82) is 0 Å². The molecule has 0 aromatic carbocycles. The molecule has 0 aliphatic carbocycles. The first-order valence-electron chi connectivity index (χ1n) is 8.18. The van der Waals surface area contributed by atoms with Gasteiger partial charge in [-0.05, 0) is 37.6 Å². The molecular weight excluding hydrogens is 312 g/mol. The molecule has 6 heteroatoms. The lowest BCUT2D eigenvalue weighted by molar-refractivity contribution is -0.122. The minimum Gasteiger partial charge on any atom is -0.464 e. The Bertz CT molecular complexity index is 372. The van der Waals surface area contributed by atoms with Crippen molar-refractivity contribution in [2.45, 2.75) is 58.7 Å². The average Bonchev–Trinajstić information content (AvgIpc) is 2.46. The molecule has 0 rings (SSSR count). The van der Waals surface area contributed by atoms with Crippen molar-refractivity contribution in [2.75, 3.05) is 33.7 Å². The average molecular weight is 347 g/mol. The lowest BCUT2D eigenvalue weighted by atomic mass is 10.2. The lowest BCUT2D eigenvalue weighted by Gasteiger charge is -2.36. The largest absolute Gasteiger partial charge is 0.464 e. The molecule has 0 aromatic rings. The number of ketones is 1. The highest BCUT2D eigenvalue weighted by molar-refractivity contribution is 6.74. The van der Waals surface area contributed by atoms with E-state index in [-0.39, 0.29) is 17.6 Å². The lowest BCUT2D eigenvalue weighted by Crippen LogP contribution is -2.41. The topological polar surface area (TPSA) is 54.0 Å². The van der Waals surface area contributed by atoms with Gasteiger partial charge in [-0.25, -0.2) is 0 Å². The number of methoxy groups -OCH3 is 1. The summed E-state index contributed by atoms with van der Waals surface area (Å²) in [6.07, 6.45) is 2.81. The monoisotopic (exact) mass is 346 g/mol. The van der Waals surface area contributed by atoms with Crippen molar-refractivity contribution in [2.24, 2.45) is 0 Å². The fourth-order valence-corrected chi connectivity index (χ4v) is 2.62. The Morgan fingerprint density at radius 2 is 1.78 bits per heavy atom. The molecule has 0 aromatic heterocycles. The Morgan fingerprint density at radius 3 is 2.30 bits per heavy atom. The zero-order chi connectivity index (χ0) is 17.9. The zero-order valence-electron chi connectivity index (χ0n) is 15.9. The fourth-order valence-electron chi connectivity index (χ4n) is 1.53. The van der Waals surface area contributed by atoms with E-state index >= 15 is 0 Å². The number of carbonyl (C=O) groups excluding carboxylic acids is 1. The van der Waals surface area contributed by atoms with Crippen LogP contribution in [0.3, 0.4) is 0 Å². The predicted molar refractivity (Wildman–Crippen MR) is 94.9 cm³/mol. The third kappa shape index (κ3) is 9.25. The number of ether oxygens (including phenoxy) is 3. The summed E-state index contributed by atoms with van der Waals surface area (Å²) in [5.41, 5.74) is 0. The van der Waals surface area contributed by atoms with Gasteiger partial charge in [-0.3, -0.25) is 4.79 Å². The molecule has 136 valence electrons. The van der Waals surface area contributed by atoms with Crippen LogP contribution in [0.15, 0.2) is 11.8 Å². The second-order valence-corrected chi connectivity index (χ2v) is 11.8. The van der Waals surface area contributed by atoms with Gasteiger partial charge in [-0.1, -0.05) is 20.8 Å². The Kier molecular flexibility index (Phi) is 10.6. The van der Waals surface area contributed by atoms with E-state index in [1.165, 1.54) is 0 Å². The number of carbonyl (C=O) groups is 1. The Balaban J connectivity index is 4.03. The number of Topliss-reactive ketones (excluding diaryl/α,β-unsaturated/α-hetero) is 1. The number of rotatable bonds is 12. The smallest absolute Gasteiger partial charge is 0.197 e. The van der Waals surface area contributed by atoms with E-state index in [4.69, 9.17) is 18.6 Å². The summed E-state index contributed by atoms with van der Waals surface area (Å²) in [6, 6.07) is 0. The fraction of sp³-hybridized carbons (Fsp3) is 0.824. The minimum atomic E-state index is -1.74. The summed E-state index contributed by atoms with van der Waals surface area (Å²) >= 11 is 0. The first-order valence-corrected chi connectivity index (χ1v) is 11.1. The van der Waals surface area contributed by atoms with E-state index in [2.05, 4.69) is 33.9 Å². The van der Waals surface area contributed by atoms with Gasteiger partial charge >= 0.3 is 0 Å². The Morgan fingerprint density at radius 1 is 1.13 bits per heavy atom. The van der Waals surface area contributed by atoms with Gasteiger partial charge in [0.15, 0.2) is 26.7 Å². The molecule has 0 radical (unpaired) electrons. The standard InChI is InChI=1S/C17H34O5Si/c1-8-16(21-14-20-13-12-19-5)15(18)10-9-11-22-23(6,7)17(2,3)4/h8H,9-14H2,1-7H3/b16-8+. The van der Waals surface area contributed by atoms with Gasteiger partial charge in [-0.2, -0.15) is 0 Å². The number of hydrogen-bond donors (Lipinski definition) is 0. The quantitative estimate of drug-likeness (QED) is 0.176. The van der Waals surface area contributed by atoms with E-state index in [1.807, 2.05) is 0 Å². The summed E-state index contributed by atoms with van der Waals surface area (Å²) in [5, 5.41) is 0.189. The molecule has 0 N–H and O–H groups in total. The van der Waals surface area contributed by atoms with Gasteiger partial charge < -0.3 is 18.6 Å². The molecule has 0 amide bonds. The molecule has 0 aliphatic rings. The molecule has 0 spiro atoms. The van der Waals surface area contributed by atoms with Crippen molar-refractivity contribution in [1.82, 2.24) is 0 Å². The third-order valence-corrected chi connectivity index (χ3v) is 8.62. The molecule has 0 saturated heterocycles. The molecule has 0 aliphatic heterocycles. The highest BCUT2D eigenvalue weighted by Gasteiger charge is 2.36. The zero-order valence-corrected chi connectivity index (χ0v) is 16.9. The van der Waals surface area contributed by atoms with Crippen molar-refractivity contribution in [3.8, 4) is 0 Å². The van der Waals surface area contributed by atoms with Crippen LogP contribution in [-0.2, 0) is 23.4 Å². The summed E-state index contributed by atoms with van der Waals surface area (Å²) in [4.78, 5) is 12.1. The van der Waals surface area contributed by atoms with Crippen LogP contribution in [0, 0.1) is 0 Å². The molecule has 0 saturated carbocycles. The van der Waals surface area contributed by atoms with Gasteiger partial charge in [0.1, 0.15) is 0 Å². The second kappa shape index (κ2) is 11.0. The van der Waals surface area contributed by atoms with Crippen molar-refractivity contribution < 1.29 is 23.4 Å². The van der Waals surface area contributed by atoms with Crippen LogP contribution >= 0.6 is 0 Å². The molecule has 0 heterocycles. The first-order chi connectivity index (χ1) is 10.7. The van der Waals surface area contributed by atoms with Crippen LogP contribution < -0.4 is 0 Å². The summed E-state index contributed by atoms with van der Waals surface area (Å²) in [7, 11) is -0.127. The molecule has 0 bridgehead atoms. The third-order valence-electron chi connectivity index (χ3n) is 4.08. The Labute approximate surface area is 142 Å². The van der Waals surface area contributed by atoms with Crippen LogP contribution in [0.2, 0.25) is 18.1 Å². The molecular formula is C17H34O5Si. The van der Waals surface area contributed by atoms with E-state index in [1.54, 1.807) is 20.1 Å². The minimum absolute atomic E-state index is 0.0123. The van der Waals surface area contributed by atoms with Gasteiger partial charge in [0.05, 0.1) is 13.2 Å². The van der Waals surface area contributed by atoms with Crippen molar-refractivity contribution in [3.63, 3.8) is 0 Å². The van der Waals surface area contributed by atoms with Crippen LogP contribution in [0.5, 0.6) is 0 Å². The molecule has 0 unspecified atom stereocenters. The van der Waals surface area contributed by atoms with E-state index in [9.17, 15) is 4.79 Å². The van der Waals surface area contributed by atoms with Gasteiger partial charge in [0, 0.05) is 20.1 Å². The first kappa shape index (κ1) is 22.3. The Hall–Kier alpha value is -0.693. The maximum atomic E-state index is 12.1. The van der Waals surface area contributed by atoms with E-state index in [0.29, 0.717) is 38.4 Å². The second-order valence-electron chi connectivity index (χ2n) is 6.95. The number of allylic oxidation sites excluding steroid dienone is 2. The maximum Gasteiger partial charge on any atom is 0.197 e. The molecule has 23 heavy (non-hydrogen) atoms. The van der Waals surface area contributed by atoms with Crippen LogP contribution in [0.4, 0.5) is 0 Å². The van der Waals surface area contributed by atoms with Crippen LogP contribution in [0.25, 0.3) is 0 Å². The van der Waals surface area contributed by atoms with Gasteiger partial charge in [0.25, 0.3) is 0 Å². The van der Waals surface area contributed by atoms with Crippen LogP contribution in [0.1, 0.15) is 40.5 Å². The predicted octanol–water partition coefficient (Wildman–Crippen LogP) is 3.90. The highest BCUT2D eigenvalue weighted by Crippen LogP contribution is 2.36. The SMILES string of the molecule is C/C=C(/OCOCCOC)C(=O)CCCO[Si](C)(C)C(C)(C)C. The molecule has 0 fully saturated rings.